The zero-order chi connectivity index (χ0) is 21.4. The maximum atomic E-state index is 12.0. The van der Waals surface area contributed by atoms with Gasteiger partial charge in [0.1, 0.15) is 0 Å². The highest BCUT2D eigenvalue weighted by molar-refractivity contribution is 5.70. The number of methoxy groups -OCH3 is 1. The van der Waals surface area contributed by atoms with Crippen LogP contribution in [-0.4, -0.2) is 36.4 Å². The van der Waals surface area contributed by atoms with Gasteiger partial charge in [0.2, 0.25) is 0 Å². The van der Waals surface area contributed by atoms with Gasteiger partial charge < -0.3 is 4.74 Å². The predicted octanol–water partition coefficient (Wildman–Crippen LogP) is 5.01. The van der Waals surface area contributed by atoms with E-state index in [1.807, 2.05) is 48.5 Å². The minimum absolute atomic E-state index is 0.0933. The normalized spacial score (nSPS) is 17.2. The van der Waals surface area contributed by atoms with Crippen LogP contribution in [0.4, 0.5) is 0 Å². The van der Waals surface area contributed by atoms with Gasteiger partial charge in [-0.2, -0.15) is 15.5 Å². The summed E-state index contributed by atoms with van der Waals surface area (Å²) in [5.74, 6) is -0.364. The fourth-order valence-electron chi connectivity index (χ4n) is 2.32. The van der Waals surface area contributed by atoms with Crippen LogP contribution in [0.5, 0.6) is 0 Å². The third-order valence-corrected chi connectivity index (χ3v) is 4.22. The van der Waals surface area contributed by atoms with Crippen molar-refractivity contribution in [2.45, 2.75) is 97.8 Å². The fraction of sp³-hybridized carbons (Fsp3) is 0.900. The maximum Gasteiger partial charge on any atom is 0.306 e. The largest absolute Gasteiger partial charge is 0.469 e. The van der Waals surface area contributed by atoms with E-state index in [9.17, 15) is 10.1 Å². The summed E-state index contributed by atoms with van der Waals surface area (Å²) < 4.78 is 4.85. The Bertz CT molecular complexity index is 543. The third kappa shape index (κ3) is 9.83. The average molecular weight is 384 g/mol. The van der Waals surface area contributed by atoms with Crippen LogP contribution in [0, 0.1) is 16.7 Å². The van der Waals surface area contributed by atoms with Crippen molar-refractivity contribution >= 4 is 5.97 Å². The van der Waals surface area contributed by atoms with Gasteiger partial charge >= 0.3 is 5.97 Å². The Hall–Kier alpha value is -1.52. The molecule has 0 aromatic rings. The molecule has 0 rings (SSSR count). The van der Waals surface area contributed by atoms with Crippen LogP contribution < -0.4 is 0 Å². The van der Waals surface area contributed by atoms with E-state index in [0.29, 0.717) is 13.0 Å². The van der Waals surface area contributed by atoms with Crippen molar-refractivity contribution in [1.82, 2.24) is 0 Å². The van der Waals surface area contributed by atoms with E-state index < -0.39 is 16.5 Å². The molecule has 0 amide bonds. The zero-order valence-electron chi connectivity index (χ0n) is 18.5. The Kier molecular flexibility index (Phi) is 9.57. The second-order valence-electron chi connectivity index (χ2n) is 9.34. The first-order chi connectivity index (χ1) is 12.2. The number of carbonyl (C=O) groups is 1. The number of ether oxygens (including phenoxy) is 1. The number of unbranched alkanes of at least 4 members (excludes halogenated alkanes) is 1. The van der Waals surface area contributed by atoms with Crippen LogP contribution in [0.1, 0.15) is 81.1 Å². The lowest BCUT2D eigenvalue weighted by atomic mass is 9.67. The monoisotopic (exact) mass is 383 g/mol. The molecule has 0 saturated carbocycles. The number of hydrogen-bond donors (Lipinski definition) is 0. The van der Waals surface area contributed by atoms with Crippen molar-refractivity contribution in [3.63, 3.8) is 0 Å². The van der Waals surface area contributed by atoms with Crippen LogP contribution in [-0.2, 0) is 19.3 Å². The molecule has 27 heavy (non-hydrogen) atoms. The molecular formula is C20H37N3O4. The molecule has 0 N–H and O–H groups in total. The molecule has 0 heterocycles. The fourth-order valence-corrected chi connectivity index (χ4v) is 2.32. The van der Waals surface area contributed by atoms with Crippen LogP contribution >= 0.6 is 0 Å². The van der Waals surface area contributed by atoms with Crippen LogP contribution in [0.15, 0.2) is 10.2 Å². The highest BCUT2D eigenvalue weighted by atomic mass is 17.2. The topological polar surface area (TPSA) is 93.3 Å². The molecule has 7 nitrogen and oxygen atoms in total. The maximum absolute atomic E-state index is 12.0. The van der Waals surface area contributed by atoms with E-state index in [1.165, 1.54) is 7.11 Å². The summed E-state index contributed by atoms with van der Waals surface area (Å²) in [5, 5.41) is 18.5. The summed E-state index contributed by atoms with van der Waals surface area (Å²) in [4.78, 5) is 22.5. The standard InChI is InChI=1S/C20H37N3O4/c1-17(2,3)22-23-20(8,15-21)19(7,14-16(24)25-9)12-10-11-13-26-27-18(4,5)6/h10-14H2,1-9H3. The Balaban J connectivity index is 5.16. The first-order valence-corrected chi connectivity index (χ1v) is 9.41. The molecule has 0 aliphatic heterocycles. The van der Waals surface area contributed by atoms with E-state index in [2.05, 4.69) is 16.3 Å². The number of esters is 1. The molecule has 2 atom stereocenters. The lowest BCUT2D eigenvalue weighted by Crippen LogP contribution is -2.43. The minimum atomic E-state index is -1.14. The molecule has 0 aliphatic carbocycles. The Morgan fingerprint density at radius 2 is 1.59 bits per heavy atom. The van der Waals surface area contributed by atoms with Gasteiger partial charge in [-0.1, -0.05) is 13.3 Å². The smallest absolute Gasteiger partial charge is 0.306 e. The summed E-state index contributed by atoms with van der Waals surface area (Å²) in [6, 6.07) is 2.27. The third-order valence-electron chi connectivity index (χ3n) is 4.22. The molecule has 0 radical (unpaired) electrons. The second kappa shape index (κ2) is 10.1. The average Bonchev–Trinajstić information content (AvgIpc) is 2.53. The van der Waals surface area contributed by atoms with Gasteiger partial charge in [0, 0.05) is 5.41 Å². The number of hydrogen-bond acceptors (Lipinski definition) is 7. The number of azo groups is 1. The number of rotatable bonds is 10. The molecule has 0 fully saturated rings. The van der Waals surface area contributed by atoms with Crippen LogP contribution in [0.2, 0.25) is 0 Å². The van der Waals surface area contributed by atoms with Crippen LogP contribution in [0.25, 0.3) is 0 Å². The Labute approximate surface area is 164 Å². The zero-order valence-corrected chi connectivity index (χ0v) is 18.5. The van der Waals surface area contributed by atoms with Crippen molar-refractivity contribution in [1.29, 1.82) is 5.26 Å². The van der Waals surface area contributed by atoms with E-state index in [1.54, 1.807) is 6.92 Å². The van der Waals surface area contributed by atoms with Gasteiger partial charge in [-0.25, -0.2) is 9.78 Å². The number of carbonyl (C=O) groups excluding carboxylic acids is 1. The van der Waals surface area contributed by atoms with Gasteiger partial charge in [-0.15, -0.1) is 0 Å². The van der Waals surface area contributed by atoms with E-state index in [4.69, 9.17) is 14.5 Å². The lowest BCUT2D eigenvalue weighted by molar-refractivity contribution is -0.348. The lowest BCUT2D eigenvalue weighted by Gasteiger charge is -2.38. The van der Waals surface area contributed by atoms with Gasteiger partial charge in [0.15, 0.2) is 5.54 Å². The van der Waals surface area contributed by atoms with Crippen molar-refractivity contribution in [3.8, 4) is 6.07 Å². The number of nitriles is 1. The molecular weight excluding hydrogens is 346 g/mol. The molecule has 7 heteroatoms. The summed E-state index contributed by atoms with van der Waals surface area (Å²) >= 11 is 0. The van der Waals surface area contributed by atoms with E-state index in [0.717, 1.165) is 12.8 Å². The van der Waals surface area contributed by atoms with Gasteiger partial charge in [0.25, 0.3) is 0 Å². The first-order valence-electron chi connectivity index (χ1n) is 9.41. The Morgan fingerprint density at radius 3 is 2.04 bits per heavy atom. The SMILES string of the molecule is COC(=O)CC(C)(CCCCOOC(C)(C)C)C(C)(C#N)N=NC(C)(C)C. The van der Waals surface area contributed by atoms with E-state index >= 15 is 0 Å². The van der Waals surface area contributed by atoms with Gasteiger partial charge in [-0.3, -0.25) is 4.79 Å². The molecule has 0 aromatic heterocycles. The summed E-state index contributed by atoms with van der Waals surface area (Å²) in [5.41, 5.74) is -2.61. The summed E-state index contributed by atoms with van der Waals surface area (Å²) in [7, 11) is 1.35. The van der Waals surface area contributed by atoms with Crippen molar-refractivity contribution in [3.05, 3.63) is 0 Å². The molecule has 0 aliphatic rings. The van der Waals surface area contributed by atoms with Gasteiger partial charge in [0.05, 0.1) is 37.3 Å². The second-order valence-corrected chi connectivity index (χ2v) is 9.34. The van der Waals surface area contributed by atoms with E-state index in [-0.39, 0.29) is 18.0 Å². The van der Waals surface area contributed by atoms with Crippen molar-refractivity contribution in [2.24, 2.45) is 15.6 Å². The highest BCUT2D eigenvalue weighted by Crippen LogP contribution is 2.43. The first kappa shape index (κ1) is 25.5. The van der Waals surface area contributed by atoms with Gasteiger partial charge in [-0.05, 0) is 61.3 Å². The predicted molar refractivity (Wildman–Crippen MR) is 104 cm³/mol. The Morgan fingerprint density at radius 1 is 1.00 bits per heavy atom. The summed E-state index contributed by atoms with van der Waals surface area (Å²) in [6.45, 7) is 15.6. The number of nitrogens with zero attached hydrogens (tertiary/aromatic N) is 3. The quantitative estimate of drug-likeness (QED) is 0.174. The molecule has 0 saturated heterocycles. The molecule has 2 unspecified atom stereocenters. The van der Waals surface area contributed by atoms with Crippen molar-refractivity contribution < 1.29 is 19.3 Å². The molecule has 0 bridgehead atoms. The summed E-state index contributed by atoms with van der Waals surface area (Å²) in [6.07, 6.45) is 2.19. The van der Waals surface area contributed by atoms with Crippen molar-refractivity contribution in [2.75, 3.05) is 13.7 Å². The highest BCUT2D eigenvalue weighted by Gasteiger charge is 2.47. The molecule has 156 valence electrons. The molecule has 0 spiro atoms. The molecule has 0 aromatic carbocycles. The van der Waals surface area contributed by atoms with Crippen LogP contribution in [0.3, 0.4) is 0 Å². The minimum Gasteiger partial charge on any atom is -0.469 e.